The van der Waals surface area contributed by atoms with Gasteiger partial charge >= 0.3 is 11.6 Å². The second-order valence-corrected chi connectivity index (χ2v) is 8.50. The Hall–Kier alpha value is -3.66. The van der Waals surface area contributed by atoms with Crippen LogP contribution in [0.1, 0.15) is 36.9 Å². The van der Waals surface area contributed by atoms with Crippen molar-refractivity contribution in [1.82, 2.24) is 0 Å². The van der Waals surface area contributed by atoms with Gasteiger partial charge in [0.15, 0.2) is 0 Å². The van der Waals surface area contributed by atoms with E-state index in [-0.39, 0.29) is 11.3 Å². The van der Waals surface area contributed by atoms with Crippen LogP contribution in [0.25, 0.3) is 33.0 Å². The minimum Gasteiger partial charge on any atom is -0.456 e. The molecule has 0 aliphatic carbocycles. The van der Waals surface area contributed by atoms with E-state index < -0.39 is 17.2 Å². The van der Waals surface area contributed by atoms with Crippen LogP contribution in [0.15, 0.2) is 82.0 Å². The van der Waals surface area contributed by atoms with Crippen LogP contribution in [0.5, 0.6) is 0 Å². The fraction of sp³-hybridized carbons (Fsp3) is 0.185. The zero-order valence-electron chi connectivity index (χ0n) is 18.1. The Bertz CT molecular complexity index is 1330. The van der Waals surface area contributed by atoms with Crippen molar-refractivity contribution < 1.29 is 13.9 Å². The Morgan fingerprint density at radius 2 is 1.45 bits per heavy atom. The summed E-state index contributed by atoms with van der Waals surface area (Å²) in [5.74, 6) is -0.280. The second-order valence-electron chi connectivity index (χ2n) is 8.50. The van der Waals surface area contributed by atoms with Crippen molar-refractivity contribution >= 4 is 16.7 Å². The van der Waals surface area contributed by atoms with E-state index in [1.165, 1.54) is 0 Å². The number of hydrogen-bond acceptors (Lipinski definition) is 4. The fourth-order valence-electron chi connectivity index (χ4n) is 3.72. The summed E-state index contributed by atoms with van der Waals surface area (Å²) in [4.78, 5) is 26.3. The molecule has 0 fully saturated rings. The molecule has 3 aromatic carbocycles. The van der Waals surface area contributed by atoms with Gasteiger partial charge in [-0.3, -0.25) is 0 Å². The SMILES string of the molecule is Cc1oc(=O)c(-c2ccc3ccccc3c2)c(-c2ccccc2)c1C(=O)OC(C)(C)C. The van der Waals surface area contributed by atoms with Gasteiger partial charge in [-0.1, -0.05) is 66.7 Å². The van der Waals surface area contributed by atoms with Crippen LogP contribution in [0, 0.1) is 6.92 Å². The summed E-state index contributed by atoms with van der Waals surface area (Å²) in [6, 6.07) is 23.1. The van der Waals surface area contributed by atoms with E-state index >= 15 is 0 Å². The lowest BCUT2D eigenvalue weighted by Gasteiger charge is -2.22. The summed E-state index contributed by atoms with van der Waals surface area (Å²) in [5, 5.41) is 2.06. The number of aryl methyl sites for hydroxylation is 1. The lowest BCUT2D eigenvalue weighted by molar-refractivity contribution is 0.00666. The minimum absolute atomic E-state index is 0.239. The van der Waals surface area contributed by atoms with Gasteiger partial charge in [0, 0.05) is 5.56 Å². The number of ether oxygens (including phenoxy) is 1. The average Bonchev–Trinajstić information content (AvgIpc) is 2.72. The second kappa shape index (κ2) is 7.88. The summed E-state index contributed by atoms with van der Waals surface area (Å²) in [6.45, 7) is 7.06. The monoisotopic (exact) mass is 412 g/mol. The topological polar surface area (TPSA) is 56.5 Å². The smallest absolute Gasteiger partial charge is 0.344 e. The van der Waals surface area contributed by atoms with Crippen LogP contribution in [0.2, 0.25) is 0 Å². The zero-order valence-corrected chi connectivity index (χ0v) is 18.1. The van der Waals surface area contributed by atoms with E-state index in [0.717, 1.165) is 16.3 Å². The highest BCUT2D eigenvalue weighted by molar-refractivity contribution is 6.03. The van der Waals surface area contributed by atoms with E-state index in [1.54, 1.807) is 6.92 Å². The molecule has 0 spiro atoms. The average molecular weight is 412 g/mol. The van der Waals surface area contributed by atoms with E-state index in [1.807, 2.05) is 93.6 Å². The standard InChI is InChI=1S/C27H24O4/c1-17-22(26(29)31-27(2,3)4)23(19-11-6-5-7-12-19)24(25(28)30-17)21-15-14-18-10-8-9-13-20(18)16-21/h5-16H,1-4H3. The molecule has 0 radical (unpaired) electrons. The van der Waals surface area contributed by atoms with Crippen LogP contribution in [-0.4, -0.2) is 11.6 Å². The first-order valence-electron chi connectivity index (χ1n) is 10.2. The van der Waals surface area contributed by atoms with Gasteiger partial charge in [-0.2, -0.15) is 0 Å². The van der Waals surface area contributed by atoms with E-state index in [2.05, 4.69) is 0 Å². The molecule has 0 amide bonds. The van der Waals surface area contributed by atoms with Crippen molar-refractivity contribution in [2.45, 2.75) is 33.3 Å². The quantitative estimate of drug-likeness (QED) is 0.366. The molecule has 1 heterocycles. The van der Waals surface area contributed by atoms with Gasteiger partial charge in [-0.05, 0) is 55.7 Å². The van der Waals surface area contributed by atoms with Crippen molar-refractivity contribution in [3.63, 3.8) is 0 Å². The molecule has 1 aromatic heterocycles. The van der Waals surface area contributed by atoms with Crippen LogP contribution in [-0.2, 0) is 4.74 Å². The van der Waals surface area contributed by atoms with Crippen molar-refractivity contribution in [1.29, 1.82) is 0 Å². The van der Waals surface area contributed by atoms with Crippen molar-refractivity contribution in [2.24, 2.45) is 0 Å². The Morgan fingerprint density at radius 3 is 2.13 bits per heavy atom. The first-order valence-corrected chi connectivity index (χ1v) is 10.2. The fourth-order valence-corrected chi connectivity index (χ4v) is 3.72. The Kier molecular flexibility index (Phi) is 5.24. The highest BCUT2D eigenvalue weighted by Crippen LogP contribution is 2.36. The largest absolute Gasteiger partial charge is 0.456 e. The first-order chi connectivity index (χ1) is 14.7. The molecule has 0 saturated carbocycles. The van der Waals surface area contributed by atoms with Crippen molar-refractivity contribution in [3.8, 4) is 22.3 Å². The van der Waals surface area contributed by atoms with Gasteiger partial charge in [0.1, 0.15) is 16.9 Å². The third-order valence-corrected chi connectivity index (χ3v) is 5.01. The lowest BCUT2D eigenvalue weighted by atomic mass is 9.90. The van der Waals surface area contributed by atoms with E-state index in [9.17, 15) is 9.59 Å². The molecule has 0 aliphatic rings. The normalized spacial score (nSPS) is 11.5. The molecular weight excluding hydrogens is 388 g/mol. The van der Waals surface area contributed by atoms with Crippen molar-refractivity contribution in [2.75, 3.05) is 0 Å². The molecule has 4 aromatic rings. The van der Waals surface area contributed by atoms with Gasteiger partial charge in [0.05, 0.1) is 5.56 Å². The Morgan fingerprint density at radius 1 is 0.806 bits per heavy atom. The summed E-state index contributed by atoms with van der Waals surface area (Å²) in [5.41, 5.74) is 1.42. The molecule has 0 N–H and O–H groups in total. The van der Waals surface area contributed by atoms with Gasteiger partial charge in [-0.25, -0.2) is 9.59 Å². The van der Waals surface area contributed by atoms with Gasteiger partial charge in [0.2, 0.25) is 0 Å². The van der Waals surface area contributed by atoms with Crippen LogP contribution < -0.4 is 5.63 Å². The Balaban J connectivity index is 2.05. The third kappa shape index (κ3) is 4.15. The summed E-state index contributed by atoms with van der Waals surface area (Å²) in [7, 11) is 0. The molecule has 0 bridgehead atoms. The number of carbonyl (C=O) groups excluding carboxylic acids is 1. The maximum absolute atomic E-state index is 13.2. The van der Waals surface area contributed by atoms with Gasteiger partial charge in [0.25, 0.3) is 0 Å². The van der Waals surface area contributed by atoms with Crippen LogP contribution in [0.3, 0.4) is 0 Å². The third-order valence-electron chi connectivity index (χ3n) is 5.01. The minimum atomic E-state index is -0.684. The molecule has 4 heteroatoms. The molecule has 31 heavy (non-hydrogen) atoms. The molecule has 4 nitrogen and oxygen atoms in total. The molecular formula is C27H24O4. The molecule has 0 aliphatic heterocycles. The van der Waals surface area contributed by atoms with Gasteiger partial charge < -0.3 is 9.15 Å². The predicted octanol–water partition coefficient (Wildman–Crippen LogP) is 6.39. The number of hydrogen-bond donors (Lipinski definition) is 0. The van der Waals surface area contributed by atoms with Gasteiger partial charge in [-0.15, -0.1) is 0 Å². The maximum atomic E-state index is 13.2. The first kappa shape index (κ1) is 20.6. The summed E-state index contributed by atoms with van der Waals surface area (Å²) < 4.78 is 11.2. The molecule has 0 saturated heterocycles. The Labute approximate surface area is 181 Å². The molecule has 0 atom stereocenters. The predicted molar refractivity (Wildman–Crippen MR) is 123 cm³/mol. The molecule has 4 rings (SSSR count). The van der Waals surface area contributed by atoms with E-state index in [0.29, 0.717) is 16.7 Å². The van der Waals surface area contributed by atoms with E-state index in [4.69, 9.17) is 9.15 Å². The lowest BCUT2D eigenvalue weighted by Crippen LogP contribution is -2.25. The van der Waals surface area contributed by atoms with Crippen molar-refractivity contribution in [3.05, 3.63) is 94.5 Å². The molecule has 156 valence electrons. The highest BCUT2D eigenvalue weighted by Gasteiger charge is 2.28. The maximum Gasteiger partial charge on any atom is 0.344 e. The number of fused-ring (bicyclic) bond motifs is 1. The zero-order chi connectivity index (χ0) is 22.2. The summed E-state index contributed by atoms with van der Waals surface area (Å²) >= 11 is 0. The van der Waals surface area contributed by atoms with Crippen LogP contribution in [0.4, 0.5) is 0 Å². The number of rotatable bonds is 3. The molecule has 0 unspecified atom stereocenters. The summed E-state index contributed by atoms with van der Waals surface area (Å²) in [6.07, 6.45) is 0. The number of benzene rings is 3. The van der Waals surface area contributed by atoms with Crippen LogP contribution >= 0.6 is 0 Å². The number of carbonyl (C=O) groups is 1. The number of esters is 1. The highest BCUT2D eigenvalue weighted by atomic mass is 16.6.